The minimum Gasteiger partial charge on any atom is -0.507 e. The van der Waals surface area contributed by atoms with E-state index < -0.39 is 17.9 Å². The third-order valence-electron chi connectivity index (χ3n) is 3.72. The van der Waals surface area contributed by atoms with Gasteiger partial charge in [-0.1, -0.05) is 12.1 Å². The van der Waals surface area contributed by atoms with Crippen molar-refractivity contribution >= 4 is 34.0 Å². The molecule has 0 unspecified atom stereocenters. The van der Waals surface area contributed by atoms with Crippen LogP contribution in [0.15, 0.2) is 35.1 Å². The van der Waals surface area contributed by atoms with Crippen molar-refractivity contribution in [2.24, 2.45) is 0 Å². The van der Waals surface area contributed by atoms with Gasteiger partial charge in [0.1, 0.15) is 5.75 Å². The zero-order chi connectivity index (χ0) is 18.1. The molecule has 1 N–H and O–H groups in total. The van der Waals surface area contributed by atoms with E-state index in [1.54, 1.807) is 32.0 Å². The molecular weight excluding hydrogens is 328 g/mol. The Balaban J connectivity index is 2.42. The first-order valence-electron chi connectivity index (χ1n) is 7.73. The summed E-state index contributed by atoms with van der Waals surface area (Å²) in [6.45, 7) is 3.36. The molecule has 1 aromatic heterocycles. The smallest absolute Gasteiger partial charge is 0.422 e. The van der Waals surface area contributed by atoms with Crippen molar-refractivity contribution in [3.8, 4) is 5.75 Å². The van der Waals surface area contributed by atoms with Crippen molar-refractivity contribution in [3.05, 3.63) is 40.8 Å². The molecule has 8 heteroatoms. The predicted octanol–water partition coefficient (Wildman–Crippen LogP) is 2.67. The van der Waals surface area contributed by atoms with Gasteiger partial charge in [-0.05, 0) is 37.4 Å². The number of hydrogen-bond donors (Lipinski definition) is 1. The summed E-state index contributed by atoms with van der Waals surface area (Å²) < 4.78 is 11.4. The number of rotatable bonds is 2. The van der Waals surface area contributed by atoms with Gasteiger partial charge in [0, 0.05) is 5.39 Å². The van der Waals surface area contributed by atoms with E-state index in [-0.39, 0.29) is 30.0 Å². The van der Waals surface area contributed by atoms with Crippen LogP contribution in [0.3, 0.4) is 0 Å². The minimum atomic E-state index is -0.907. The highest BCUT2D eigenvalue weighted by Crippen LogP contribution is 2.29. The maximum Gasteiger partial charge on any atom is 0.422 e. The summed E-state index contributed by atoms with van der Waals surface area (Å²) in [5.74, 6) is -0.00820. The summed E-state index contributed by atoms with van der Waals surface area (Å²) in [4.78, 5) is 37.1. The van der Waals surface area contributed by atoms with Gasteiger partial charge < -0.3 is 14.6 Å². The second-order valence-corrected chi connectivity index (χ2v) is 5.19. The quantitative estimate of drug-likeness (QED) is 0.767. The maximum atomic E-state index is 12.6. The van der Waals surface area contributed by atoms with Crippen LogP contribution in [0, 0.1) is 0 Å². The fraction of sp³-hybridized carbons (Fsp3) is 0.235. The Labute approximate surface area is 141 Å². The fourth-order valence-corrected chi connectivity index (χ4v) is 2.68. The first-order valence-corrected chi connectivity index (χ1v) is 7.73. The number of aromatic hydroxyl groups is 1. The molecule has 0 atom stereocenters. The van der Waals surface area contributed by atoms with Crippen LogP contribution >= 0.6 is 0 Å². The molecule has 1 heterocycles. The molecule has 0 amide bonds. The van der Waals surface area contributed by atoms with Crippen LogP contribution in [0.4, 0.5) is 9.59 Å². The van der Waals surface area contributed by atoms with Gasteiger partial charge in [-0.15, -0.1) is 0 Å². The zero-order valence-corrected chi connectivity index (χ0v) is 13.7. The fourth-order valence-electron chi connectivity index (χ4n) is 2.68. The van der Waals surface area contributed by atoms with E-state index >= 15 is 0 Å². The number of fused-ring (bicyclic) bond motifs is 2. The Bertz CT molecular complexity index is 1050. The predicted molar refractivity (Wildman–Crippen MR) is 90.2 cm³/mol. The number of imidazole rings is 1. The molecule has 2 aromatic carbocycles. The van der Waals surface area contributed by atoms with E-state index in [0.29, 0.717) is 10.8 Å². The number of hydrogen-bond acceptors (Lipinski definition) is 6. The molecular formula is C17H16N2O6. The number of benzene rings is 2. The number of ether oxygens (including phenoxy) is 2. The SMILES string of the molecule is CCOC(=O)n1c(=O)n(C(=O)OCC)c2cc3c(O)cccc3cc21. The zero-order valence-electron chi connectivity index (χ0n) is 13.7. The summed E-state index contributed by atoms with van der Waals surface area (Å²) in [7, 11) is 0. The second-order valence-electron chi connectivity index (χ2n) is 5.19. The van der Waals surface area contributed by atoms with Crippen molar-refractivity contribution in [1.29, 1.82) is 0 Å². The van der Waals surface area contributed by atoms with Crippen LogP contribution in [0.2, 0.25) is 0 Å². The Morgan fingerprint density at radius 1 is 1.00 bits per heavy atom. The molecule has 0 saturated heterocycles. The van der Waals surface area contributed by atoms with Crippen LogP contribution in [-0.4, -0.2) is 39.6 Å². The Kier molecular flexibility index (Phi) is 4.18. The van der Waals surface area contributed by atoms with Crippen molar-refractivity contribution in [2.75, 3.05) is 13.2 Å². The first-order chi connectivity index (χ1) is 12.0. The molecule has 0 fully saturated rings. The molecule has 25 heavy (non-hydrogen) atoms. The maximum absolute atomic E-state index is 12.6. The summed E-state index contributed by atoms with van der Waals surface area (Å²) in [6.07, 6.45) is -1.80. The van der Waals surface area contributed by atoms with E-state index in [9.17, 15) is 19.5 Å². The van der Waals surface area contributed by atoms with Gasteiger partial charge in [-0.2, -0.15) is 9.13 Å². The summed E-state index contributed by atoms with van der Waals surface area (Å²) >= 11 is 0. The van der Waals surface area contributed by atoms with Crippen molar-refractivity contribution in [3.63, 3.8) is 0 Å². The summed E-state index contributed by atoms with van der Waals surface area (Å²) in [5, 5.41) is 11.1. The Hall–Kier alpha value is -3.29. The Morgan fingerprint density at radius 3 is 2.12 bits per heavy atom. The molecule has 0 bridgehead atoms. The molecule has 130 valence electrons. The highest BCUT2D eigenvalue weighted by Gasteiger charge is 2.24. The third-order valence-corrected chi connectivity index (χ3v) is 3.72. The molecule has 0 radical (unpaired) electrons. The summed E-state index contributed by atoms with van der Waals surface area (Å²) in [6, 6.07) is 7.85. The van der Waals surface area contributed by atoms with Crippen LogP contribution in [0.1, 0.15) is 13.8 Å². The van der Waals surface area contributed by atoms with Gasteiger partial charge >= 0.3 is 17.9 Å². The van der Waals surface area contributed by atoms with Crippen molar-refractivity contribution < 1.29 is 24.2 Å². The number of phenolic OH excluding ortho intramolecular Hbond substituents is 1. The highest BCUT2D eigenvalue weighted by atomic mass is 16.6. The van der Waals surface area contributed by atoms with Gasteiger partial charge in [0.15, 0.2) is 0 Å². The molecule has 3 aromatic rings. The normalized spacial score (nSPS) is 11.0. The number of phenols is 1. The van der Waals surface area contributed by atoms with E-state index in [4.69, 9.17) is 9.47 Å². The Morgan fingerprint density at radius 2 is 1.56 bits per heavy atom. The lowest BCUT2D eigenvalue weighted by molar-refractivity contribution is 0.150. The van der Waals surface area contributed by atoms with Crippen molar-refractivity contribution in [2.45, 2.75) is 13.8 Å². The molecule has 0 aliphatic carbocycles. The molecule has 0 spiro atoms. The average molecular weight is 344 g/mol. The monoisotopic (exact) mass is 344 g/mol. The van der Waals surface area contributed by atoms with E-state index in [1.807, 2.05) is 0 Å². The first kappa shape index (κ1) is 16.6. The topological polar surface area (TPSA) is 99.8 Å². The summed E-state index contributed by atoms with van der Waals surface area (Å²) in [5.41, 5.74) is -0.554. The van der Waals surface area contributed by atoms with E-state index in [2.05, 4.69) is 0 Å². The lowest BCUT2D eigenvalue weighted by Gasteiger charge is -2.05. The van der Waals surface area contributed by atoms with Crippen LogP contribution in [0.5, 0.6) is 5.75 Å². The number of carbonyl (C=O) groups excluding carboxylic acids is 2. The molecule has 0 aliphatic heterocycles. The molecule has 0 aliphatic rings. The van der Waals surface area contributed by atoms with Gasteiger partial charge in [-0.25, -0.2) is 14.4 Å². The van der Waals surface area contributed by atoms with Crippen LogP contribution in [0.25, 0.3) is 21.8 Å². The lowest BCUT2D eigenvalue weighted by Crippen LogP contribution is -2.33. The molecule has 0 saturated carbocycles. The highest BCUT2D eigenvalue weighted by molar-refractivity contribution is 6.03. The standard InChI is InChI=1S/C17H16N2O6/c1-3-24-16(22)18-12-8-10-6-5-7-14(20)11(10)9-13(12)19(15(18)21)17(23)25-4-2/h5-9,20H,3-4H2,1-2H3. The third kappa shape index (κ3) is 2.61. The van der Waals surface area contributed by atoms with Gasteiger partial charge in [0.05, 0.1) is 24.2 Å². The second kappa shape index (κ2) is 6.31. The van der Waals surface area contributed by atoms with Gasteiger partial charge in [0.2, 0.25) is 0 Å². The van der Waals surface area contributed by atoms with Crippen LogP contribution < -0.4 is 5.69 Å². The number of aromatic nitrogens is 2. The van der Waals surface area contributed by atoms with Crippen LogP contribution in [-0.2, 0) is 9.47 Å². The average Bonchev–Trinajstić information content (AvgIpc) is 2.85. The minimum absolute atomic E-state index is 0.00820. The van der Waals surface area contributed by atoms with E-state index in [1.165, 1.54) is 12.1 Å². The molecule has 8 nitrogen and oxygen atoms in total. The number of nitrogens with zero attached hydrogens (tertiary/aromatic N) is 2. The molecule has 3 rings (SSSR count). The van der Waals surface area contributed by atoms with E-state index in [0.717, 1.165) is 9.13 Å². The largest absolute Gasteiger partial charge is 0.507 e. The lowest BCUT2D eigenvalue weighted by atomic mass is 10.1. The van der Waals surface area contributed by atoms with Crippen molar-refractivity contribution in [1.82, 2.24) is 9.13 Å². The van der Waals surface area contributed by atoms with Gasteiger partial charge in [-0.3, -0.25) is 0 Å². The van der Waals surface area contributed by atoms with Gasteiger partial charge in [0.25, 0.3) is 0 Å². The number of carbonyl (C=O) groups is 2.